The standard InChI is InChI=1S/C13H23BrN4O2/c1-9(11(14)17-15)16-10-5-7-18(8-6-10)12(19)20-13(2,3)4/h10H,5-8,15H2,1-4H3/b16-9?,17-11+. The molecule has 0 saturated carbocycles. The third-order valence-electron chi connectivity index (χ3n) is 2.90. The van der Waals surface area contributed by atoms with Gasteiger partial charge in [0.2, 0.25) is 0 Å². The van der Waals surface area contributed by atoms with Crippen molar-refractivity contribution in [3.8, 4) is 0 Å². The molecule has 0 unspecified atom stereocenters. The Hall–Kier alpha value is -1.11. The molecule has 1 heterocycles. The number of ether oxygens (including phenoxy) is 1. The second kappa shape index (κ2) is 7.06. The van der Waals surface area contributed by atoms with Gasteiger partial charge in [-0.25, -0.2) is 4.79 Å². The van der Waals surface area contributed by atoms with Gasteiger partial charge in [-0.05, 0) is 56.5 Å². The van der Waals surface area contributed by atoms with Crippen LogP contribution < -0.4 is 5.84 Å². The van der Waals surface area contributed by atoms with Gasteiger partial charge in [-0.15, -0.1) is 0 Å². The molecule has 0 aliphatic carbocycles. The average molecular weight is 347 g/mol. The summed E-state index contributed by atoms with van der Waals surface area (Å²) in [4.78, 5) is 18.2. The Morgan fingerprint density at radius 2 is 1.90 bits per heavy atom. The first-order valence-electron chi connectivity index (χ1n) is 6.69. The van der Waals surface area contributed by atoms with Crippen LogP contribution >= 0.6 is 15.9 Å². The highest BCUT2D eigenvalue weighted by Crippen LogP contribution is 2.17. The van der Waals surface area contributed by atoms with Gasteiger partial charge >= 0.3 is 6.09 Å². The van der Waals surface area contributed by atoms with Crippen LogP contribution in [0, 0.1) is 0 Å². The number of piperidine rings is 1. The Morgan fingerprint density at radius 3 is 2.35 bits per heavy atom. The summed E-state index contributed by atoms with van der Waals surface area (Å²) in [6.07, 6.45) is 1.39. The highest BCUT2D eigenvalue weighted by Gasteiger charge is 2.26. The van der Waals surface area contributed by atoms with Gasteiger partial charge in [0.15, 0.2) is 0 Å². The van der Waals surface area contributed by atoms with Gasteiger partial charge in [-0.1, -0.05) is 0 Å². The summed E-state index contributed by atoms with van der Waals surface area (Å²) in [5, 5.41) is 3.56. The molecular weight excluding hydrogens is 324 g/mol. The van der Waals surface area contributed by atoms with Crippen LogP contribution in [0.3, 0.4) is 0 Å². The predicted octanol–water partition coefficient (Wildman–Crippen LogP) is 2.51. The Kier molecular flexibility index (Phi) is 5.98. The van der Waals surface area contributed by atoms with Crippen LogP contribution in [0.4, 0.5) is 4.79 Å². The second-order valence-corrected chi connectivity index (χ2v) is 6.58. The van der Waals surface area contributed by atoms with Crippen molar-refractivity contribution >= 4 is 32.4 Å². The molecule has 1 aliphatic heterocycles. The first kappa shape index (κ1) is 16.9. The van der Waals surface area contributed by atoms with Crippen molar-refractivity contribution < 1.29 is 9.53 Å². The first-order chi connectivity index (χ1) is 9.23. The van der Waals surface area contributed by atoms with Crippen molar-refractivity contribution in [2.24, 2.45) is 15.9 Å². The van der Waals surface area contributed by atoms with Gasteiger partial charge in [0.1, 0.15) is 10.2 Å². The number of amides is 1. The monoisotopic (exact) mass is 346 g/mol. The molecule has 0 radical (unpaired) electrons. The Balaban J connectivity index is 2.50. The van der Waals surface area contributed by atoms with Crippen molar-refractivity contribution in [3.63, 3.8) is 0 Å². The maximum Gasteiger partial charge on any atom is 0.410 e. The number of likely N-dealkylation sites (tertiary alicyclic amines) is 1. The lowest BCUT2D eigenvalue weighted by atomic mass is 10.1. The molecule has 0 spiro atoms. The third kappa shape index (κ3) is 5.48. The Bertz CT molecular complexity index is 407. The summed E-state index contributed by atoms with van der Waals surface area (Å²) in [6.45, 7) is 8.79. The zero-order chi connectivity index (χ0) is 15.3. The Morgan fingerprint density at radius 1 is 1.35 bits per heavy atom. The Labute approximate surface area is 128 Å². The zero-order valence-corrected chi connectivity index (χ0v) is 14.1. The molecule has 20 heavy (non-hydrogen) atoms. The van der Waals surface area contributed by atoms with Crippen molar-refractivity contribution in [1.82, 2.24) is 4.90 Å². The molecule has 1 rings (SSSR count). The first-order valence-corrected chi connectivity index (χ1v) is 7.48. The van der Waals surface area contributed by atoms with E-state index in [0.29, 0.717) is 17.7 Å². The quantitative estimate of drug-likeness (QED) is 0.473. The molecule has 1 fully saturated rings. The van der Waals surface area contributed by atoms with Gasteiger partial charge in [-0.2, -0.15) is 5.10 Å². The van der Waals surface area contributed by atoms with Crippen LogP contribution in [-0.4, -0.2) is 46.1 Å². The molecule has 0 atom stereocenters. The van der Waals surface area contributed by atoms with E-state index < -0.39 is 5.60 Å². The molecule has 0 bridgehead atoms. The van der Waals surface area contributed by atoms with Gasteiger partial charge in [-0.3, -0.25) is 4.99 Å². The van der Waals surface area contributed by atoms with Crippen LogP contribution in [0.2, 0.25) is 0 Å². The number of carbonyl (C=O) groups excluding carboxylic acids is 1. The SMILES string of the molecule is CC(=NC1CCN(C(=O)OC(C)(C)C)CC1)/C(Br)=N\N. The summed E-state index contributed by atoms with van der Waals surface area (Å²) in [5.41, 5.74) is 0.328. The number of carbonyl (C=O) groups is 1. The molecule has 1 amide bonds. The lowest BCUT2D eigenvalue weighted by Gasteiger charge is -2.32. The average Bonchev–Trinajstić information content (AvgIpc) is 2.36. The maximum atomic E-state index is 11.9. The number of halogens is 1. The van der Waals surface area contributed by atoms with Crippen LogP contribution in [-0.2, 0) is 4.74 Å². The van der Waals surface area contributed by atoms with Crippen molar-refractivity contribution in [1.29, 1.82) is 0 Å². The number of nitrogens with two attached hydrogens (primary N) is 1. The molecule has 0 aromatic rings. The zero-order valence-electron chi connectivity index (χ0n) is 12.5. The lowest BCUT2D eigenvalue weighted by Crippen LogP contribution is -2.42. The highest BCUT2D eigenvalue weighted by molar-refractivity contribution is 9.19. The number of hydrogen-bond acceptors (Lipinski definition) is 5. The van der Waals surface area contributed by atoms with Gasteiger partial charge in [0, 0.05) is 13.1 Å². The molecule has 7 heteroatoms. The topological polar surface area (TPSA) is 80.3 Å². The van der Waals surface area contributed by atoms with Gasteiger partial charge in [0.05, 0.1) is 11.8 Å². The number of hydrazone groups is 1. The summed E-state index contributed by atoms with van der Waals surface area (Å²) >= 11 is 3.25. The molecule has 0 aromatic carbocycles. The minimum absolute atomic E-state index is 0.197. The minimum Gasteiger partial charge on any atom is -0.444 e. The summed E-state index contributed by atoms with van der Waals surface area (Å²) in [6, 6.07) is 0.197. The van der Waals surface area contributed by atoms with E-state index in [9.17, 15) is 4.79 Å². The number of nitrogens with zero attached hydrogens (tertiary/aromatic N) is 3. The molecule has 1 saturated heterocycles. The fourth-order valence-electron chi connectivity index (χ4n) is 1.92. The van der Waals surface area contributed by atoms with E-state index in [1.807, 2.05) is 27.7 Å². The largest absolute Gasteiger partial charge is 0.444 e. The van der Waals surface area contributed by atoms with Crippen molar-refractivity contribution in [2.45, 2.75) is 52.2 Å². The van der Waals surface area contributed by atoms with E-state index in [4.69, 9.17) is 10.6 Å². The van der Waals surface area contributed by atoms with Gasteiger partial charge in [0.25, 0.3) is 0 Å². The molecule has 0 aromatic heterocycles. The van der Waals surface area contributed by atoms with E-state index in [1.165, 1.54) is 0 Å². The maximum absolute atomic E-state index is 11.9. The number of rotatable bonds is 2. The van der Waals surface area contributed by atoms with Crippen LogP contribution in [0.1, 0.15) is 40.5 Å². The van der Waals surface area contributed by atoms with E-state index >= 15 is 0 Å². The normalized spacial score (nSPS) is 19.1. The summed E-state index contributed by atoms with van der Waals surface area (Å²) in [5.74, 6) is 5.19. The smallest absolute Gasteiger partial charge is 0.410 e. The fraction of sp³-hybridized carbons (Fsp3) is 0.769. The summed E-state index contributed by atoms with van der Waals surface area (Å²) < 4.78 is 5.92. The lowest BCUT2D eigenvalue weighted by molar-refractivity contribution is 0.0207. The number of aliphatic imine (C=N–C) groups is 1. The highest BCUT2D eigenvalue weighted by atomic mass is 79.9. The molecule has 6 nitrogen and oxygen atoms in total. The van der Waals surface area contributed by atoms with Crippen molar-refractivity contribution in [3.05, 3.63) is 0 Å². The van der Waals surface area contributed by atoms with Crippen molar-refractivity contribution in [2.75, 3.05) is 13.1 Å². The summed E-state index contributed by atoms with van der Waals surface area (Å²) in [7, 11) is 0. The van der Waals surface area contributed by atoms with E-state index in [-0.39, 0.29) is 12.1 Å². The van der Waals surface area contributed by atoms with E-state index in [2.05, 4.69) is 26.0 Å². The molecule has 2 N–H and O–H groups in total. The second-order valence-electron chi connectivity index (χ2n) is 5.83. The molecule has 1 aliphatic rings. The predicted molar refractivity (Wildman–Crippen MR) is 84.5 cm³/mol. The van der Waals surface area contributed by atoms with Crippen LogP contribution in [0.5, 0.6) is 0 Å². The van der Waals surface area contributed by atoms with Gasteiger partial charge < -0.3 is 15.5 Å². The minimum atomic E-state index is -0.453. The van der Waals surface area contributed by atoms with E-state index in [0.717, 1.165) is 18.6 Å². The van der Waals surface area contributed by atoms with Crippen LogP contribution in [0.25, 0.3) is 0 Å². The number of hydrogen-bond donors (Lipinski definition) is 1. The van der Waals surface area contributed by atoms with E-state index in [1.54, 1.807) is 4.90 Å². The third-order valence-corrected chi connectivity index (χ3v) is 3.68. The molecule has 114 valence electrons. The molecular formula is C13H23BrN4O2. The van der Waals surface area contributed by atoms with Crippen LogP contribution in [0.15, 0.2) is 10.1 Å². The fourth-order valence-corrected chi connectivity index (χ4v) is 2.03.